The number of hydrogen-bond donors (Lipinski definition) is 0. The maximum absolute atomic E-state index is 13.1. The van der Waals surface area contributed by atoms with Gasteiger partial charge in [-0.15, -0.1) is 0 Å². The molecule has 1 aliphatic carbocycles. The zero-order chi connectivity index (χ0) is 17.2. The lowest BCUT2D eigenvalue weighted by Gasteiger charge is -2.29. The van der Waals surface area contributed by atoms with Crippen LogP contribution in [0.1, 0.15) is 41.6 Å². The molecule has 4 nitrogen and oxygen atoms in total. The van der Waals surface area contributed by atoms with Crippen LogP contribution in [0.3, 0.4) is 0 Å². The van der Waals surface area contributed by atoms with Gasteiger partial charge < -0.3 is 14.4 Å². The van der Waals surface area contributed by atoms with Crippen LogP contribution in [-0.4, -0.2) is 23.6 Å². The molecule has 0 saturated heterocycles. The van der Waals surface area contributed by atoms with Crippen LogP contribution >= 0.6 is 11.6 Å². The van der Waals surface area contributed by atoms with Crippen molar-refractivity contribution >= 4 is 17.5 Å². The van der Waals surface area contributed by atoms with Crippen molar-refractivity contribution in [3.8, 4) is 11.5 Å². The van der Waals surface area contributed by atoms with Gasteiger partial charge >= 0.3 is 0 Å². The number of halogens is 1. The maximum atomic E-state index is 13.1. The van der Waals surface area contributed by atoms with E-state index < -0.39 is 0 Å². The Kier molecular flexibility index (Phi) is 4.53. The Hall–Kier alpha value is -2.20. The molecule has 1 aliphatic heterocycles. The van der Waals surface area contributed by atoms with E-state index in [-0.39, 0.29) is 18.7 Å². The van der Waals surface area contributed by atoms with E-state index in [9.17, 15) is 4.79 Å². The molecule has 0 unspecified atom stereocenters. The maximum Gasteiger partial charge on any atom is 0.254 e. The summed E-state index contributed by atoms with van der Waals surface area (Å²) in [6.07, 6.45) is 4.47. The number of ether oxygens (including phenoxy) is 2. The summed E-state index contributed by atoms with van der Waals surface area (Å²) >= 11 is 5.96. The van der Waals surface area contributed by atoms with Crippen molar-refractivity contribution in [3.63, 3.8) is 0 Å². The first kappa shape index (κ1) is 16.3. The highest BCUT2D eigenvalue weighted by Crippen LogP contribution is 2.34. The highest BCUT2D eigenvalue weighted by atomic mass is 35.5. The summed E-state index contributed by atoms with van der Waals surface area (Å²) in [4.78, 5) is 15.1. The molecule has 1 heterocycles. The van der Waals surface area contributed by atoms with Gasteiger partial charge in [-0.25, -0.2) is 0 Å². The number of rotatable bonds is 4. The molecule has 5 heteroatoms. The number of amides is 1. The minimum atomic E-state index is 0.0567. The second-order valence-electron chi connectivity index (χ2n) is 6.57. The largest absolute Gasteiger partial charge is 0.454 e. The van der Waals surface area contributed by atoms with Gasteiger partial charge in [-0.1, -0.05) is 30.5 Å². The van der Waals surface area contributed by atoms with Gasteiger partial charge in [0.1, 0.15) is 0 Å². The Morgan fingerprint density at radius 1 is 1.04 bits per heavy atom. The van der Waals surface area contributed by atoms with Crippen LogP contribution in [0.25, 0.3) is 0 Å². The second kappa shape index (κ2) is 6.96. The molecule has 0 bridgehead atoms. The lowest BCUT2D eigenvalue weighted by Crippen LogP contribution is -2.38. The Morgan fingerprint density at radius 2 is 1.76 bits per heavy atom. The number of carbonyl (C=O) groups is 1. The summed E-state index contributed by atoms with van der Waals surface area (Å²) in [5.41, 5.74) is 1.73. The molecule has 1 saturated carbocycles. The van der Waals surface area contributed by atoms with Crippen molar-refractivity contribution in [2.75, 3.05) is 6.79 Å². The Labute approximate surface area is 152 Å². The SMILES string of the molecule is O=C(c1ccc(Cl)cc1)N(Cc1ccc2c(c1)OCO2)C1CCCC1. The first-order chi connectivity index (χ1) is 12.2. The summed E-state index contributed by atoms with van der Waals surface area (Å²) in [5, 5.41) is 0.639. The molecule has 25 heavy (non-hydrogen) atoms. The molecule has 0 spiro atoms. The summed E-state index contributed by atoms with van der Waals surface area (Å²) in [7, 11) is 0. The van der Waals surface area contributed by atoms with Crippen LogP contribution < -0.4 is 9.47 Å². The Balaban J connectivity index is 1.59. The average molecular weight is 358 g/mol. The summed E-state index contributed by atoms with van der Waals surface area (Å²) in [6, 6.07) is 13.3. The molecule has 0 aromatic heterocycles. The van der Waals surface area contributed by atoms with Gasteiger partial charge in [0, 0.05) is 23.2 Å². The van der Waals surface area contributed by atoms with E-state index in [0.29, 0.717) is 17.1 Å². The van der Waals surface area contributed by atoms with Crippen LogP contribution in [0.4, 0.5) is 0 Å². The van der Waals surface area contributed by atoms with Crippen molar-refractivity contribution in [2.45, 2.75) is 38.3 Å². The van der Waals surface area contributed by atoms with Gasteiger partial charge in [0.15, 0.2) is 11.5 Å². The van der Waals surface area contributed by atoms with Crippen LogP contribution in [0, 0.1) is 0 Å². The summed E-state index contributed by atoms with van der Waals surface area (Å²) in [5.74, 6) is 1.57. The van der Waals surface area contributed by atoms with Crippen molar-refractivity contribution in [1.29, 1.82) is 0 Å². The molecule has 130 valence electrons. The fraction of sp³-hybridized carbons (Fsp3) is 0.350. The molecule has 2 aliphatic rings. The second-order valence-corrected chi connectivity index (χ2v) is 7.00. The van der Waals surface area contributed by atoms with E-state index in [4.69, 9.17) is 21.1 Å². The Bertz CT molecular complexity index is 769. The highest BCUT2D eigenvalue weighted by Gasteiger charge is 2.28. The zero-order valence-corrected chi connectivity index (χ0v) is 14.7. The predicted molar refractivity (Wildman–Crippen MR) is 96.1 cm³/mol. The lowest BCUT2D eigenvalue weighted by atomic mass is 10.1. The number of carbonyl (C=O) groups excluding carboxylic acids is 1. The van der Waals surface area contributed by atoms with Gasteiger partial charge in [0.2, 0.25) is 6.79 Å². The van der Waals surface area contributed by atoms with E-state index in [1.807, 2.05) is 23.1 Å². The third-order valence-electron chi connectivity index (χ3n) is 4.91. The van der Waals surface area contributed by atoms with Crippen molar-refractivity contribution in [2.24, 2.45) is 0 Å². The normalized spacial score (nSPS) is 16.2. The number of hydrogen-bond acceptors (Lipinski definition) is 3. The summed E-state index contributed by atoms with van der Waals surface area (Å²) in [6.45, 7) is 0.831. The van der Waals surface area contributed by atoms with Crippen molar-refractivity contribution in [3.05, 3.63) is 58.6 Å². The zero-order valence-electron chi connectivity index (χ0n) is 13.9. The minimum Gasteiger partial charge on any atom is -0.454 e. The first-order valence-electron chi connectivity index (χ1n) is 8.66. The first-order valence-corrected chi connectivity index (χ1v) is 9.03. The fourth-order valence-corrected chi connectivity index (χ4v) is 3.70. The van der Waals surface area contributed by atoms with Crippen LogP contribution in [0.5, 0.6) is 11.5 Å². The van der Waals surface area contributed by atoms with Gasteiger partial charge in [0.05, 0.1) is 0 Å². The molecule has 4 rings (SSSR count). The van der Waals surface area contributed by atoms with Crippen LogP contribution in [0.15, 0.2) is 42.5 Å². The third-order valence-corrected chi connectivity index (χ3v) is 5.16. The quantitative estimate of drug-likeness (QED) is 0.799. The van der Waals surface area contributed by atoms with E-state index in [0.717, 1.165) is 29.9 Å². The van der Waals surface area contributed by atoms with E-state index >= 15 is 0 Å². The fourth-order valence-electron chi connectivity index (χ4n) is 3.58. The van der Waals surface area contributed by atoms with E-state index in [1.165, 1.54) is 12.8 Å². The molecule has 1 amide bonds. The van der Waals surface area contributed by atoms with E-state index in [1.54, 1.807) is 24.3 Å². The molecule has 0 radical (unpaired) electrons. The molecule has 0 N–H and O–H groups in total. The molecule has 1 fully saturated rings. The molecule has 2 aromatic carbocycles. The van der Waals surface area contributed by atoms with Crippen molar-refractivity contribution in [1.82, 2.24) is 4.90 Å². The molecule has 2 aromatic rings. The van der Waals surface area contributed by atoms with Gasteiger partial charge in [0.25, 0.3) is 5.91 Å². The van der Waals surface area contributed by atoms with E-state index in [2.05, 4.69) is 0 Å². The minimum absolute atomic E-state index is 0.0567. The molecular formula is C20H20ClNO3. The van der Waals surface area contributed by atoms with Gasteiger partial charge in [-0.05, 0) is 54.8 Å². The third kappa shape index (κ3) is 3.45. The number of nitrogens with zero attached hydrogens (tertiary/aromatic N) is 1. The highest BCUT2D eigenvalue weighted by molar-refractivity contribution is 6.30. The summed E-state index contributed by atoms with van der Waals surface area (Å²) < 4.78 is 10.8. The van der Waals surface area contributed by atoms with Crippen LogP contribution in [0.2, 0.25) is 5.02 Å². The van der Waals surface area contributed by atoms with Crippen molar-refractivity contribution < 1.29 is 14.3 Å². The standard InChI is InChI=1S/C20H20ClNO3/c21-16-8-6-15(7-9-16)20(23)22(17-3-1-2-4-17)12-14-5-10-18-19(11-14)25-13-24-18/h5-11,17H,1-4,12-13H2. The van der Waals surface area contributed by atoms with Gasteiger partial charge in [-0.3, -0.25) is 4.79 Å². The monoisotopic (exact) mass is 357 g/mol. The predicted octanol–water partition coefficient (Wildman–Crippen LogP) is 4.65. The lowest BCUT2D eigenvalue weighted by molar-refractivity contribution is 0.0664. The number of benzene rings is 2. The van der Waals surface area contributed by atoms with Gasteiger partial charge in [-0.2, -0.15) is 0 Å². The topological polar surface area (TPSA) is 38.8 Å². The molecular weight excluding hydrogens is 338 g/mol. The molecule has 0 atom stereocenters. The average Bonchev–Trinajstić information content (AvgIpc) is 3.31. The Morgan fingerprint density at radius 3 is 2.52 bits per heavy atom. The van der Waals surface area contributed by atoms with Crippen LogP contribution in [-0.2, 0) is 6.54 Å². The number of fused-ring (bicyclic) bond motifs is 1. The smallest absolute Gasteiger partial charge is 0.254 e.